The van der Waals surface area contributed by atoms with Crippen molar-refractivity contribution in [3.63, 3.8) is 0 Å². The van der Waals surface area contributed by atoms with E-state index in [-0.39, 0.29) is 0 Å². The Kier molecular flexibility index (Phi) is 3.94. The highest BCUT2D eigenvalue weighted by molar-refractivity contribution is 5.33. The summed E-state index contributed by atoms with van der Waals surface area (Å²) in [7, 11) is 0. The molecule has 17 heavy (non-hydrogen) atoms. The predicted octanol–water partition coefficient (Wildman–Crippen LogP) is 3.41. The van der Waals surface area contributed by atoms with E-state index in [4.69, 9.17) is 5.73 Å². The van der Waals surface area contributed by atoms with E-state index in [9.17, 15) is 0 Å². The molecule has 0 aliphatic carbocycles. The zero-order valence-corrected chi connectivity index (χ0v) is 10.2. The largest absolute Gasteiger partial charge is 0.330 e. The van der Waals surface area contributed by atoms with Crippen LogP contribution in [0.5, 0.6) is 0 Å². The van der Waals surface area contributed by atoms with Gasteiger partial charge in [-0.2, -0.15) is 0 Å². The quantitative estimate of drug-likeness (QED) is 0.847. The molecule has 1 atom stereocenters. The van der Waals surface area contributed by atoms with Gasteiger partial charge in [0.15, 0.2) is 0 Å². The smallest absolute Gasteiger partial charge is 0.0127 e. The van der Waals surface area contributed by atoms with Crippen LogP contribution < -0.4 is 5.73 Å². The molecule has 0 bridgehead atoms. The molecule has 2 rings (SSSR count). The lowest BCUT2D eigenvalue weighted by molar-refractivity contribution is 0.524. The van der Waals surface area contributed by atoms with Crippen LogP contribution in [0.4, 0.5) is 0 Å². The maximum absolute atomic E-state index is 5.85. The molecular weight excluding hydrogens is 206 g/mol. The number of hydrogen-bond acceptors (Lipinski definition) is 1. The van der Waals surface area contributed by atoms with E-state index in [1.165, 1.54) is 11.1 Å². The average Bonchev–Trinajstić information content (AvgIpc) is 2.41. The minimum absolute atomic E-state index is 0.391. The van der Waals surface area contributed by atoms with Gasteiger partial charge in [-0.15, -0.1) is 0 Å². The van der Waals surface area contributed by atoms with Crippen molar-refractivity contribution in [2.45, 2.75) is 12.8 Å². The molecule has 0 aliphatic heterocycles. The van der Waals surface area contributed by atoms with E-state index in [0.717, 1.165) is 0 Å². The number of benzene rings is 2. The third kappa shape index (κ3) is 2.75. The summed E-state index contributed by atoms with van der Waals surface area (Å²) in [5, 5.41) is 0. The van der Waals surface area contributed by atoms with Crippen LogP contribution in [0.15, 0.2) is 60.7 Å². The molecule has 0 heterocycles. The van der Waals surface area contributed by atoms with E-state index >= 15 is 0 Å². The number of rotatable bonds is 4. The van der Waals surface area contributed by atoms with Crippen molar-refractivity contribution >= 4 is 0 Å². The van der Waals surface area contributed by atoms with Crippen molar-refractivity contribution in [2.24, 2.45) is 11.7 Å². The summed E-state index contributed by atoms with van der Waals surface area (Å²) in [5.74, 6) is 0.835. The molecule has 2 N–H and O–H groups in total. The first-order chi connectivity index (χ1) is 8.33. The van der Waals surface area contributed by atoms with Gasteiger partial charge < -0.3 is 5.73 Å². The minimum atomic E-state index is 0.391. The van der Waals surface area contributed by atoms with E-state index in [0.29, 0.717) is 18.4 Å². The molecule has 0 amide bonds. The molecule has 88 valence electrons. The van der Waals surface area contributed by atoms with Crippen molar-refractivity contribution in [3.05, 3.63) is 71.8 Å². The topological polar surface area (TPSA) is 26.0 Å². The van der Waals surface area contributed by atoms with Crippen LogP contribution in [0.25, 0.3) is 0 Å². The van der Waals surface area contributed by atoms with Crippen LogP contribution in [0.2, 0.25) is 0 Å². The fraction of sp³-hybridized carbons (Fsp3) is 0.250. The minimum Gasteiger partial charge on any atom is -0.330 e. The summed E-state index contributed by atoms with van der Waals surface area (Å²) in [4.78, 5) is 0. The summed E-state index contributed by atoms with van der Waals surface area (Å²) < 4.78 is 0. The highest BCUT2D eigenvalue weighted by atomic mass is 14.5. The molecule has 2 aromatic rings. The Labute approximate surface area is 103 Å². The fourth-order valence-electron chi connectivity index (χ4n) is 2.31. The fourth-order valence-corrected chi connectivity index (χ4v) is 2.31. The van der Waals surface area contributed by atoms with Crippen molar-refractivity contribution in [2.75, 3.05) is 6.54 Å². The molecule has 0 fully saturated rings. The summed E-state index contributed by atoms with van der Waals surface area (Å²) in [5.41, 5.74) is 8.54. The third-order valence-electron chi connectivity index (χ3n) is 3.26. The Balaban J connectivity index is 2.39. The highest BCUT2D eigenvalue weighted by Gasteiger charge is 2.19. The van der Waals surface area contributed by atoms with Crippen LogP contribution >= 0.6 is 0 Å². The van der Waals surface area contributed by atoms with E-state index in [1.54, 1.807) is 0 Å². The lowest BCUT2D eigenvalue weighted by Crippen LogP contribution is -2.20. The first-order valence-corrected chi connectivity index (χ1v) is 6.13. The lowest BCUT2D eigenvalue weighted by atomic mass is 9.82. The summed E-state index contributed by atoms with van der Waals surface area (Å²) in [6.45, 7) is 2.92. The van der Waals surface area contributed by atoms with Gasteiger partial charge in [0.2, 0.25) is 0 Å². The van der Waals surface area contributed by atoms with Gasteiger partial charge in [-0.05, 0) is 23.6 Å². The van der Waals surface area contributed by atoms with Crippen LogP contribution in [0.3, 0.4) is 0 Å². The summed E-state index contributed by atoms with van der Waals surface area (Å²) in [6.07, 6.45) is 0. The van der Waals surface area contributed by atoms with Gasteiger partial charge in [-0.1, -0.05) is 67.6 Å². The molecule has 0 radical (unpaired) electrons. The molecular formula is C16H19N. The Morgan fingerprint density at radius 2 is 1.24 bits per heavy atom. The van der Waals surface area contributed by atoms with Gasteiger partial charge in [0.05, 0.1) is 0 Å². The van der Waals surface area contributed by atoms with E-state index < -0.39 is 0 Å². The summed E-state index contributed by atoms with van der Waals surface area (Å²) >= 11 is 0. The standard InChI is InChI=1S/C16H19N/c1-13(12-17)16(14-8-4-2-5-9-14)15-10-6-3-7-11-15/h2-11,13,16H,12,17H2,1H3/t13-/m1/s1. The summed E-state index contributed by atoms with van der Waals surface area (Å²) in [6, 6.07) is 21.2. The SMILES string of the molecule is C[C@H](CN)C(c1ccccc1)c1ccccc1. The number of hydrogen-bond donors (Lipinski definition) is 1. The third-order valence-corrected chi connectivity index (χ3v) is 3.26. The van der Waals surface area contributed by atoms with Gasteiger partial charge in [-0.25, -0.2) is 0 Å². The molecule has 0 aromatic heterocycles. The zero-order chi connectivity index (χ0) is 12.1. The molecule has 0 unspecified atom stereocenters. The molecule has 0 saturated heterocycles. The molecule has 0 aliphatic rings. The van der Waals surface area contributed by atoms with Crippen molar-refractivity contribution in [3.8, 4) is 0 Å². The van der Waals surface area contributed by atoms with E-state index in [1.807, 2.05) is 0 Å². The second-order valence-electron chi connectivity index (χ2n) is 4.51. The molecule has 2 aromatic carbocycles. The first-order valence-electron chi connectivity index (χ1n) is 6.13. The molecule has 1 heteroatoms. The molecule has 0 saturated carbocycles. The van der Waals surface area contributed by atoms with Gasteiger partial charge in [0, 0.05) is 5.92 Å². The first kappa shape index (κ1) is 11.9. The molecule has 0 spiro atoms. The monoisotopic (exact) mass is 225 g/mol. The second-order valence-corrected chi connectivity index (χ2v) is 4.51. The van der Waals surface area contributed by atoms with Gasteiger partial charge >= 0.3 is 0 Å². The van der Waals surface area contributed by atoms with Gasteiger partial charge in [0.1, 0.15) is 0 Å². The van der Waals surface area contributed by atoms with Crippen LogP contribution in [-0.4, -0.2) is 6.54 Å². The maximum Gasteiger partial charge on any atom is 0.0127 e. The predicted molar refractivity (Wildman–Crippen MR) is 72.9 cm³/mol. The Bertz CT molecular complexity index is 396. The van der Waals surface area contributed by atoms with Crippen LogP contribution in [0, 0.1) is 5.92 Å². The highest BCUT2D eigenvalue weighted by Crippen LogP contribution is 2.31. The van der Waals surface area contributed by atoms with Crippen molar-refractivity contribution < 1.29 is 0 Å². The molecule has 1 nitrogen and oxygen atoms in total. The van der Waals surface area contributed by atoms with Gasteiger partial charge in [0.25, 0.3) is 0 Å². The maximum atomic E-state index is 5.85. The van der Waals surface area contributed by atoms with Crippen molar-refractivity contribution in [1.29, 1.82) is 0 Å². The second kappa shape index (κ2) is 5.65. The van der Waals surface area contributed by atoms with Crippen LogP contribution in [0.1, 0.15) is 24.0 Å². The average molecular weight is 225 g/mol. The van der Waals surface area contributed by atoms with Gasteiger partial charge in [-0.3, -0.25) is 0 Å². The zero-order valence-electron chi connectivity index (χ0n) is 10.2. The normalized spacial score (nSPS) is 12.6. The Morgan fingerprint density at radius 1 is 0.824 bits per heavy atom. The van der Waals surface area contributed by atoms with Crippen molar-refractivity contribution in [1.82, 2.24) is 0 Å². The lowest BCUT2D eigenvalue weighted by Gasteiger charge is -2.23. The Hall–Kier alpha value is -1.60. The van der Waals surface area contributed by atoms with E-state index in [2.05, 4.69) is 67.6 Å². The van der Waals surface area contributed by atoms with Crippen LogP contribution in [-0.2, 0) is 0 Å². The number of nitrogens with two attached hydrogens (primary N) is 1. The Morgan fingerprint density at radius 3 is 1.59 bits per heavy atom.